The second-order valence-corrected chi connectivity index (χ2v) is 11.1. The number of nitriles is 1. The average molecular weight is 572 g/mol. The van der Waals surface area contributed by atoms with E-state index in [0.29, 0.717) is 42.3 Å². The Hall–Kier alpha value is -2.75. The van der Waals surface area contributed by atoms with Crippen molar-refractivity contribution in [2.45, 2.75) is 74.4 Å². The summed E-state index contributed by atoms with van der Waals surface area (Å²) in [6.45, 7) is 0.672. The Morgan fingerprint density at radius 3 is 2.65 bits per heavy atom. The van der Waals surface area contributed by atoms with Crippen molar-refractivity contribution in [2.75, 3.05) is 19.7 Å². The molecule has 40 heavy (non-hydrogen) atoms. The highest BCUT2D eigenvalue weighted by molar-refractivity contribution is 6.31. The normalized spacial score (nSPS) is 32.1. The van der Waals surface area contributed by atoms with Gasteiger partial charge in [0.2, 0.25) is 5.91 Å². The number of amides is 1. The van der Waals surface area contributed by atoms with E-state index in [-0.39, 0.29) is 24.1 Å². The number of ether oxygens (including phenoxy) is 2. The van der Waals surface area contributed by atoms with Crippen molar-refractivity contribution in [3.8, 4) is 11.8 Å². The molecule has 3 heterocycles. The second kappa shape index (κ2) is 12.4. The minimum Gasteiger partial charge on any atom is -0.489 e. The molecule has 10 nitrogen and oxygen atoms in total. The molecule has 5 N–H and O–H groups in total. The summed E-state index contributed by atoms with van der Waals surface area (Å²) in [5.74, 6) is 0.647. The number of hydrogen-bond donors (Lipinski definition) is 5. The van der Waals surface area contributed by atoms with Crippen LogP contribution in [0.15, 0.2) is 42.5 Å². The third kappa shape index (κ3) is 5.97. The number of aliphatic hydroxyl groups is 4. The lowest BCUT2D eigenvalue weighted by Crippen LogP contribution is -2.55. The van der Waals surface area contributed by atoms with Crippen molar-refractivity contribution in [1.29, 1.82) is 5.26 Å². The zero-order valence-corrected chi connectivity index (χ0v) is 22.7. The smallest absolute Gasteiger partial charge is 0.240 e. The largest absolute Gasteiger partial charge is 0.489 e. The van der Waals surface area contributed by atoms with Crippen LogP contribution in [0.4, 0.5) is 0 Å². The molecule has 0 aliphatic carbocycles. The number of rotatable bonds is 7. The molecule has 8 atom stereocenters. The molecule has 2 aromatic rings. The Balaban J connectivity index is 1.20. The van der Waals surface area contributed by atoms with Gasteiger partial charge >= 0.3 is 0 Å². The molecule has 0 aromatic heterocycles. The standard InChI is InChI=1S/C29H34ClN3O7/c30-22-8-5-17(28-27(37)26(36)25(35)24(15-34)40-28)11-18(22)10-16-3-6-20(7-4-16)39-21-12-23(32-14-21)29(38)33-9-1-2-19(33)13-31/h3-8,11,19,21,23-28,32,34-37H,1-2,9-10,12,14-15H2/t19-,21-,23-,24+,25+,26-,27+,28-/m0/s1. The molecular formula is C29H34ClN3O7. The summed E-state index contributed by atoms with van der Waals surface area (Å²) in [5.41, 5.74) is 2.32. The lowest BCUT2D eigenvalue weighted by Gasteiger charge is -2.40. The van der Waals surface area contributed by atoms with Crippen LogP contribution in [0.2, 0.25) is 5.02 Å². The Morgan fingerprint density at radius 1 is 1.15 bits per heavy atom. The lowest BCUT2D eigenvalue weighted by molar-refractivity contribution is -0.231. The number of likely N-dealkylation sites (tertiary alicyclic amines) is 1. The van der Waals surface area contributed by atoms with Crippen LogP contribution in [0.25, 0.3) is 0 Å². The van der Waals surface area contributed by atoms with Crippen molar-refractivity contribution in [3.05, 3.63) is 64.2 Å². The van der Waals surface area contributed by atoms with Crippen molar-refractivity contribution in [1.82, 2.24) is 10.2 Å². The van der Waals surface area contributed by atoms with Gasteiger partial charge in [0.25, 0.3) is 0 Å². The second-order valence-electron chi connectivity index (χ2n) is 10.7. The quantitative estimate of drug-likeness (QED) is 0.328. The van der Waals surface area contributed by atoms with Crippen LogP contribution in [0.1, 0.15) is 42.1 Å². The Morgan fingerprint density at radius 2 is 1.93 bits per heavy atom. The van der Waals surface area contributed by atoms with Crippen molar-refractivity contribution in [2.24, 2.45) is 0 Å². The van der Waals surface area contributed by atoms with Crippen LogP contribution in [-0.4, -0.2) is 93.5 Å². The molecule has 0 radical (unpaired) electrons. The zero-order chi connectivity index (χ0) is 28.4. The van der Waals surface area contributed by atoms with E-state index >= 15 is 0 Å². The fourth-order valence-corrected chi connectivity index (χ4v) is 5.91. The average Bonchev–Trinajstić information content (AvgIpc) is 3.64. The van der Waals surface area contributed by atoms with Crippen LogP contribution in [-0.2, 0) is 16.0 Å². The first-order valence-corrected chi connectivity index (χ1v) is 13.9. The first kappa shape index (κ1) is 28.8. The maximum absolute atomic E-state index is 12.9. The van der Waals surface area contributed by atoms with E-state index in [9.17, 15) is 30.5 Å². The van der Waals surface area contributed by atoms with Gasteiger partial charge in [-0.05, 0) is 54.2 Å². The van der Waals surface area contributed by atoms with Gasteiger partial charge in [0, 0.05) is 24.5 Å². The van der Waals surface area contributed by atoms with E-state index in [1.54, 1.807) is 23.1 Å². The Bertz CT molecular complexity index is 1240. The fraction of sp³-hybridized carbons (Fsp3) is 0.517. The molecule has 214 valence electrons. The molecule has 3 aliphatic rings. The van der Waals surface area contributed by atoms with Gasteiger partial charge in [0.1, 0.15) is 48.4 Å². The molecule has 0 unspecified atom stereocenters. The van der Waals surface area contributed by atoms with Crippen LogP contribution < -0.4 is 10.1 Å². The number of halogens is 1. The van der Waals surface area contributed by atoms with E-state index in [1.807, 2.05) is 24.3 Å². The molecule has 0 bridgehead atoms. The van der Waals surface area contributed by atoms with Gasteiger partial charge in [0.05, 0.1) is 18.7 Å². The highest BCUT2D eigenvalue weighted by atomic mass is 35.5. The maximum Gasteiger partial charge on any atom is 0.240 e. The third-order valence-corrected chi connectivity index (χ3v) is 8.35. The summed E-state index contributed by atoms with van der Waals surface area (Å²) in [6, 6.07) is 14.3. The minimum absolute atomic E-state index is 0.0340. The zero-order valence-electron chi connectivity index (χ0n) is 21.9. The molecule has 5 rings (SSSR count). The summed E-state index contributed by atoms with van der Waals surface area (Å²) in [7, 11) is 0. The third-order valence-electron chi connectivity index (χ3n) is 7.98. The van der Waals surface area contributed by atoms with Gasteiger partial charge in [-0.2, -0.15) is 5.26 Å². The predicted octanol–water partition coefficient (Wildman–Crippen LogP) is 1.07. The SMILES string of the molecule is N#C[C@@H]1CCCN1C(=O)[C@@H]1C[C@H](Oc2ccc(Cc3cc([C@@H]4O[C@H](CO)[C@@H](O)[C@H](O)[C@H]4O)ccc3Cl)cc2)CN1. The number of aliphatic hydroxyl groups excluding tert-OH is 4. The first-order chi connectivity index (χ1) is 19.3. The number of benzene rings is 2. The van der Waals surface area contributed by atoms with Gasteiger partial charge in [-0.3, -0.25) is 4.79 Å². The summed E-state index contributed by atoms with van der Waals surface area (Å²) < 4.78 is 11.8. The molecular weight excluding hydrogens is 538 g/mol. The number of nitrogens with one attached hydrogen (secondary N) is 1. The summed E-state index contributed by atoms with van der Waals surface area (Å²) in [5, 5.41) is 53.3. The first-order valence-electron chi connectivity index (χ1n) is 13.6. The van der Waals surface area contributed by atoms with Gasteiger partial charge < -0.3 is 40.1 Å². The van der Waals surface area contributed by atoms with Crippen LogP contribution in [0, 0.1) is 11.3 Å². The summed E-state index contributed by atoms with van der Waals surface area (Å²) in [4.78, 5) is 14.5. The van der Waals surface area contributed by atoms with Gasteiger partial charge in [-0.25, -0.2) is 0 Å². The van der Waals surface area contributed by atoms with E-state index in [0.717, 1.165) is 24.0 Å². The number of nitrogens with zero attached hydrogens (tertiary/aromatic N) is 2. The van der Waals surface area contributed by atoms with Crippen molar-refractivity contribution in [3.63, 3.8) is 0 Å². The molecule has 3 aliphatic heterocycles. The van der Waals surface area contributed by atoms with E-state index in [1.165, 1.54) is 0 Å². The summed E-state index contributed by atoms with van der Waals surface area (Å²) in [6.07, 6.45) is -3.73. The van der Waals surface area contributed by atoms with Crippen LogP contribution in [0.5, 0.6) is 5.75 Å². The van der Waals surface area contributed by atoms with E-state index < -0.39 is 37.1 Å². The van der Waals surface area contributed by atoms with E-state index in [2.05, 4.69) is 11.4 Å². The topological polar surface area (TPSA) is 156 Å². The fourth-order valence-electron chi connectivity index (χ4n) is 5.73. The Labute approximate surface area is 237 Å². The van der Waals surface area contributed by atoms with Gasteiger partial charge in [-0.1, -0.05) is 35.9 Å². The maximum atomic E-state index is 12.9. The number of carbonyl (C=O) groups excluding carboxylic acids is 1. The van der Waals surface area contributed by atoms with Crippen LogP contribution >= 0.6 is 11.6 Å². The van der Waals surface area contributed by atoms with Crippen molar-refractivity contribution < 1.29 is 34.7 Å². The molecule has 0 spiro atoms. The minimum atomic E-state index is -1.46. The molecule has 2 aromatic carbocycles. The van der Waals surface area contributed by atoms with Crippen LogP contribution in [0.3, 0.4) is 0 Å². The lowest BCUT2D eigenvalue weighted by atomic mass is 9.90. The highest BCUT2D eigenvalue weighted by Gasteiger charge is 2.44. The number of carbonyl (C=O) groups is 1. The van der Waals surface area contributed by atoms with Crippen molar-refractivity contribution >= 4 is 17.5 Å². The molecule has 0 saturated carbocycles. The monoisotopic (exact) mass is 571 g/mol. The summed E-state index contributed by atoms with van der Waals surface area (Å²) >= 11 is 6.47. The number of hydrogen-bond acceptors (Lipinski definition) is 9. The molecule has 3 fully saturated rings. The molecule has 1 amide bonds. The van der Waals surface area contributed by atoms with Gasteiger partial charge in [0.15, 0.2) is 0 Å². The predicted molar refractivity (Wildman–Crippen MR) is 145 cm³/mol. The van der Waals surface area contributed by atoms with E-state index in [4.69, 9.17) is 21.1 Å². The van der Waals surface area contributed by atoms with Gasteiger partial charge in [-0.15, -0.1) is 0 Å². The molecule has 11 heteroatoms. The Kier molecular flexibility index (Phi) is 8.92. The highest BCUT2D eigenvalue weighted by Crippen LogP contribution is 2.34. The molecule has 3 saturated heterocycles.